The molecule has 0 bridgehead atoms. The molecule has 6 nitrogen and oxygen atoms in total. The summed E-state index contributed by atoms with van der Waals surface area (Å²) in [7, 11) is 2.01. The molecule has 4 heterocycles. The van der Waals surface area contributed by atoms with Gasteiger partial charge in [0.1, 0.15) is 0 Å². The first-order chi connectivity index (χ1) is 10.8. The molecule has 0 aliphatic carbocycles. The van der Waals surface area contributed by atoms with Crippen molar-refractivity contribution in [2.24, 2.45) is 7.05 Å². The minimum absolute atomic E-state index is 0.371. The molecule has 0 aromatic carbocycles. The summed E-state index contributed by atoms with van der Waals surface area (Å²) >= 11 is 0. The molecular formula is C16H20N6. The number of piperidine rings is 1. The summed E-state index contributed by atoms with van der Waals surface area (Å²) < 4.78 is 3.82. The summed E-state index contributed by atoms with van der Waals surface area (Å²) in [4.78, 5) is 11.8. The Morgan fingerprint density at radius 3 is 3.09 bits per heavy atom. The minimum Gasteiger partial charge on any atom is -0.340 e. The normalized spacial score (nSPS) is 19.8. The highest BCUT2D eigenvalue weighted by Gasteiger charge is 2.25. The summed E-state index contributed by atoms with van der Waals surface area (Å²) in [6, 6.07) is 4.42. The summed E-state index contributed by atoms with van der Waals surface area (Å²) in [6.45, 7) is 1.99. The maximum Gasteiger partial charge on any atom is 0.155 e. The molecular weight excluding hydrogens is 276 g/mol. The Balaban J connectivity index is 1.61. The van der Waals surface area contributed by atoms with Crippen LogP contribution < -0.4 is 0 Å². The summed E-state index contributed by atoms with van der Waals surface area (Å²) in [5, 5.41) is 4.22. The fourth-order valence-corrected chi connectivity index (χ4v) is 3.28. The number of aromatic nitrogens is 5. The van der Waals surface area contributed by atoms with E-state index < -0.39 is 0 Å². The van der Waals surface area contributed by atoms with Gasteiger partial charge in [0.2, 0.25) is 0 Å². The molecule has 6 heteroatoms. The van der Waals surface area contributed by atoms with E-state index in [1.54, 1.807) is 6.20 Å². The lowest BCUT2D eigenvalue weighted by Crippen LogP contribution is -2.33. The van der Waals surface area contributed by atoms with Crippen LogP contribution in [0.15, 0.2) is 37.1 Å². The van der Waals surface area contributed by atoms with Crippen LogP contribution in [0.5, 0.6) is 0 Å². The van der Waals surface area contributed by atoms with E-state index in [0.29, 0.717) is 6.04 Å². The first-order valence-corrected chi connectivity index (χ1v) is 7.81. The summed E-state index contributed by atoms with van der Waals surface area (Å²) in [6.07, 6.45) is 11.4. The van der Waals surface area contributed by atoms with Gasteiger partial charge < -0.3 is 4.57 Å². The Morgan fingerprint density at radius 2 is 2.23 bits per heavy atom. The number of hydrogen-bond donors (Lipinski definition) is 0. The zero-order valence-corrected chi connectivity index (χ0v) is 12.8. The van der Waals surface area contributed by atoms with Crippen molar-refractivity contribution in [1.29, 1.82) is 0 Å². The van der Waals surface area contributed by atoms with Crippen LogP contribution in [0.3, 0.4) is 0 Å². The first kappa shape index (κ1) is 13.5. The Morgan fingerprint density at radius 1 is 1.27 bits per heavy atom. The van der Waals surface area contributed by atoms with Crippen molar-refractivity contribution in [2.75, 3.05) is 6.54 Å². The molecule has 1 unspecified atom stereocenters. The quantitative estimate of drug-likeness (QED) is 0.743. The van der Waals surface area contributed by atoms with Gasteiger partial charge in [0.05, 0.1) is 30.0 Å². The number of aryl methyl sites for hydroxylation is 1. The molecule has 1 atom stereocenters. The second-order valence-electron chi connectivity index (χ2n) is 6.00. The van der Waals surface area contributed by atoms with Crippen LogP contribution in [0.25, 0.3) is 5.65 Å². The van der Waals surface area contributed by atoms with Crippen LogP contribution in [0.4, 0.5) is 0 Å². The molecule has 3 aromatic heterocycles. The molecule has 0 saturated carbocycles. The topological polar surface area (TPSA) is 51.2 Å². The third-order valence-electron chi connectivity index (χ3n) is 4.36. The highest BCUT2D eigenvalue weighted by molar-refractivity contribution is 5.37. The number of nitrogens with zero attached hydrogens (tertiary/aromatic N) is 6. The van der Waals surface area contributed by atoms with E-state index in [1.165, 1.54) is 12.8 Å². The molecule has 0 amide bonds. The van der Waals surface area contributed by atoms with Crippen LogP contribution >= 0.6 is 0 Å². The average molecular weight is 296 g/mol. The smallest absolute Gasteiger partial charge is 0.155 e. The monoisotopic (exact) mass is 296 g/mol. The van der Waals surface area contributed by atoms with Crippen LogP contribution in [-0.4, -0.2) is 35.6 Å². The largest absolute Gasteiger partial charge is 0.340 e. The minimum atomic E-state index is 0.371. The van der Waals surface area contributed by atoms with Gasteiger partial charge in [-0.3, -0.25) is 4.90 Å². The third kappa shape index (κ3) is 2.50. The van der Waals surface area contributed by atoms with Gasteiger partial charge in [0, 0.05) is 32.1 Å². The molecule has 0 radical (unpaired) electrons. The number of hydrogen-bond acceptors (Lipinski definition) is 4. The van der Waals surface area contributed by atoms with Crippen molar-refractivity contribution in [3.8, 4) is 0 Å². The zero-order valence-electron chi connectivity index (χ0n) is 12.8. The molecule has 1 aliphatic rings. The predicted molar refractivity (Wildman–Crippen MR) is 83.2 cm³/mol. The Kier molecular flexibility index (Phi) is 3.38. The number of fused-ring (bicyclic) bond motifs is 1. The van der Waals surface area contributed by atoms with E-state index in [0.717, 1.165) is 36.5 Å². The summed E-state index contributed by atoms with van der Waals surface area (Å²) in [5.41, 5.74) is 3.18. The number of likely N-dealkylation sites (tertiary alicyclic amines) is 1. The van der Waals surface area contributed by atoms with Gasteiger partial charge in [-0.05, 0) is 25.5 Å². The van der Waals surface area contributed by atoms with Crippen LogP contribution in [-0.2, 0) is 13.6 Å². The Labute approximate surface area is 129 Å². The average Bonchev–Trinajstić information content (AvgIpc) is 3.16. The van der Waals surface area contributed by atoms with Crippen molar-refractivity contribution in [3.05, 3.63) is 48.4 Å². The highest BCUT2D eigenvalue weighted by Crippen LogP contribution is 2.31. The van der Waals surface area contributed by atoms with Crippen molar-refractivity contribution >= 4 is 5.65 Å². The molecule has 0 spiro atoms. The standard InChI is InChI=1S/C16H20N6/c1-20-10-13(17-12-20)11-21-8-3-2-4-15(21)14-6-9-22-16(19-14)5-7-18-22/h5-7,9-10,12,15H,2-4,8,11H2,1H3. The fourth-order valence-electron chi connectivity index (χ4n) is 3.28. The Hall–Kier alpha value is -2.21. The molecule has 3 aromatic rings. The molecule has 22 heavy (non-hydrogen) atoms. The molecule has 4 rings (SSSR count). The van der Waals surface area contributed by atoms with Crippen molar-refractivity contribution in [1.82, 2.24) is 29.0 Å². The lowest BCUT2D eigenvalue weighted by Gasteiger charge is -2.34. The third-order valence-corrected chi connectivity index (χ3v) is 4.36. The maximum atomic E-state index is 4.79. The van der Waals surface area contributed by atoms with E-state index >= 15 is 0 Å². The maximum absolute atomic E-state index is 4.79. The van der Waals surface area contributed by atoms with Crippen molar-refractivity contribution in [3.63, 3.8) is 0 Å². The number of imidazole rings is 1. The lowest BCUT2D eigenvalue weighted by atomic mass is 9.99. The zero-order chi connectivity index (χ0) is 14.9. The van der Waals surface area contributed by atoms with Crippen molar-refractivity contribution in [2.45, 2.75) is 31.8 Å². The first-order valence-electron chi connectivity index (χ1n) is 7.81. The van der Waals surface area contributed by atoms with Gasteiger partial charge in [-0.25, -0.2) is 14.5 Å². The summed E-state index contributed by atoms with van der Waals surface area (Å²) in [5.74, 6) is 0. The van der Waals surface area contributed by atoms with Gasteiger partial charge in [0.15, 0.2) is 5.65 Å². The van der Waals surface area contributed by atoms with Gasteiger partial charge in [-0.2, -0.15) is 5.10 Å². The van der Waals surface area contributed by atoms with E-state index in [9.17, 15) is 0 Å². The van der Waals surface area contributed by atoms with Gasteiger partial charge in [-0.1, -0.05) is 6.42 Å². The van der Waals surface area contributed by atoms with E-state index in [4.69, 9.17) is 4.98 Å². The van der Waals surface area contributed by atoms with Crippen LogP contribution in [0, 0.1) is 0 Å². The highest BCUT2D eigenvalue weighted by atomic mass is 15.2. The van der Waals surface area contributed by atoms with Gasteiger partial charge >= 0.3 is 0 Å². The van der Waals surface area contributed by atoms with Crippen LogP contribution in [0.2, 0.25) is 0 Å². The molecule has 1 fully saturated rings. The number of rotatable bonds is 3. The SMILES string of the molecule is Cn1cnc(CN2CCCCC2c2ccn3nccc3n2)c1. The van der Waals surface area contributed by atoms with Crippen LogP contribution in [0.1, 0.15) is 36.7 Å². The molecule has 0 N–H and O–H groups in total. The van der Waals surface area contributed by atoms with E-state index in [2.05, 4.69) is 27.2 Å². The second-order valence-corrected chi connectivity index (χ2v) is 6.00. The van der Waals surface area contributed by atoms with E-state index in [1.807, 2.05) is 34.7 Å². The molecule has 1 aliphatic heterocycles. The Bertz CT molecular complexity index is 774. The van der Waals surface area contributed by atoms with E-state index in [-0.39, 0.29) is 0 Å². The van der Waals surface area contributed by atoms with Crippen molar-refractivity contribution < 1.29 is 0 Å². The predicted octanol–water partition coefficient (Wildman–Crippen LogP) is 2.19. The molecule has 114 valence electrons. The van der Waals surface area contributed by atoms with Gasteiger partial charge in [0.25, 0.3) is 0 Å². The second kappa shape index (κ2) is 5.53. The fraction of sp³-hybridized carbons (Fsp3) is 0.438. The lowest BCUT2D eigenvalue weighted by molar-refractivity contribution is 0.136. The van der Waals surface area contributed by atoms with Gasteiger partial charge in [-0.15, -0.1) is 0 Å². The molecule has 1 saturated heterocycles.